The van der Waals surface area contributed by atoms with E-state index < -0.39 is 0 Å². The molecule has 84 valence electrons. The first-order chi connectivity index (χ1) is 8.28. The molecular formula is C13H11N3O. The summed E-state index contributed by atoms with van der Waals surface area (Å²) in [6.45, 7) is 2.64. The number of nitrogens with zero attached hydrogens (tertiary/aromatic N) is 3. The summed E-state index contributed by atoms with van der Waals surface area (Å²) in [5.74, 6) is 0. The highest BCUT2D eigenvalue weighted by atomic mass is 16.1. The first-order valence-corrected chi connectivity index (χ1v) is 5.32. The maximum atomic E-state index is 10.7. The van der Waals surface area contributed by atoms with Gasteiger partial charge in [-0.2, -0.15) is 10.4 Å². The van der Waals surface area contributed by atoms with Crippen molar-refractivity contribution in [2.24, 2.45) is 0 Å². The highest BCUT2D eigenvalue weighted by Gasteiger charge is 2.08. The topological polar surface area (TPSA) is 58.7 Å². The van der Waals surface area contributed by atoms with Crippen molar-refractivity contribution in [2.45, 2.75) is 13.5 Å². The molecule has 1 aromatic heterocycles. The molecule has 0 N–H and O–H groups in total. The van der Waals surface area contributed by atoms with E-state index in [4.69, 9.17) is 5.26 Å². The molecule has 17 heavy (non-hydrogen) atoms. The lowest BCUT2D eigenvalue weighted by atomic mass is 10.1. The van der Waals surface area contributed by atoms with Gasteiger partial charge in [0.25, 0.3) is 0 Å². The van der Waals surface area contributed by atoms with Gasteiger partial charge in [-0.15, -0.1) is 0 Å². The minimum Gasteiger partial charge on any atom is -0.296 e. The zero-order chi connectivity index (χ0) is 12.3. The third-order valence-electron chi connectivity index (χ3n) is 2.51. The molecule has 0 aliphatic rings. The van der Waals surface area contributed by atoms with E-state index in [2.05, 4.69) is 11.2 Å². The maximum Gasteiger partial charge on any atom is 0.170 e. The smallest absolute Gasteiger partial charge is 0.170 e. The van der Waals surface area contributed by atoms with Gasteiger partial charge >= 0.3 is 0 Å². The minimum absolute atomic E-state index is 0.407. The lowest BCUT2D eigenvalue weighted by molar-refractivity contribution is 0.111. The van der Waals surface area contributed by atoms with Crippen molar-refractivity contribution >= 4 is 6.29 Å². The molecule has 0 saturated heterocycles. The van der Waals surface area contributed by atoms with Crippen LogP contribution in [0.1, 0.15) is 23.0 Å². The molecule has 2 aromatic rings. The van der Waals surface area contributed by atoms with Crippen LogP contribution in [0.2, 0.25) is 0 Å². The molecule has 4 heteroatoms. The zero-order valence-corrected chi connectivity index (χ0v) is 9.42. The number of nitriles is 1. The Bertz CT molecular complexity index is 593. The van der Waals surface area contributed by atoms with E-state index in [1.807, 2.05) is 19.1 Å². The lowest BCUT2D eigenvalue weighted by Gasteiger charge is -2.04. The first kappa shape index (κ1) is 11.1. The highest BCUT2D eigenvalue weighted by molar-refractivity contribution is 5.75. The van der Waals surface area contributed by atoms with Crippen molar-refractivity contribution < 1.29 is 4.79 Å². The van der Waals surface area contributed by atoms with Crippen molar-refractivity contribution in [3.05, 3.63) is 41.6 Å². The van der Waals surface area contributed by atoms with Gasteiger partial charge in [0, 0.05) is 12.1 Å². The van der Waals surface area contributed by atoms with E-state index in [0.29, 0.717) is 17.8 Å². The SMILES string of the molecule is CCn1nc(C=O)cc1-c1cccc(C#N)c1. The molecule has 0 atom stereocenters. The van der Waals surface area contributed by atoms with Crippen LogP contribution in [0.25, 0.3) is 11.3 Å². The zero-order valence-electron chi connectivity index (χ0n) is 9.42. The Balaban J connectivity index is 2.55. The van der Waals surface area contributed by atoms with Gasteiger partial charge in [-0.25, -0.2) is 0 Å². The largest absolute Gasteiger partial charge is 0.296 e. The van der Waals surface area contributed by atoms with Crippen molar-refractivity contribution in [1.29, 1.82) is 5.26 Å². The molecule has 0 amide bonds. The number of hydrogen-bond donors (Lipinski definition) is 0. The molecule has 0 unspecified atom stereocenters. The number of carbonyl (C=O) groups is 1. The number of hydrogen-bond acceptors (Lipinski definition) is 3. The molecule has 0 aliphatic carbocycles. The van der Waals surface area contributed by atoms with Crippen LogP contribution < -0.4 is 0 Å². The summed E-state index contributed by atoms with van der Waals surface area (Å²) in [6.07, 6.45) is 0.726. The van der Waals surface area contributed by atoms with Gasteiger partial charge in [0.05, 0.1) is 17.3 Å². The fraction of sp³-hybridized carbons (Fsp3) is 0.154. The van der Waals surface area contributed by atoms with Crippen LogP contribution in [0.3, 0.4) is 0 Å². The van der Waals surface area contributed by atoms with Crippen LogP contribution in [-0.4, -0.2) is 16.1 Å². The van der Waals surface area contributed by atoms with Gasteiger partial charge in [0.1, 0.15) is 5.69 Å². The molecule has 0 radical (unpaired) electrons. The van der Waals surface area contributed by atoms with Crippen LogP contribution in [0, 0.1) is 11.3 Å². The van der Waals surface area contributed by atoms with Gasteiger partial charge < -0.3 is 0 Å². The molecule has 1 aromatic carbocycles. The Kier molecular flexibility index (Phi) is 3.01. The number of aldehydes is 1. The molecule has 0 fully saturated rings. The Morgan fingerprint density at radius 2 is 2.29 bits per heavy atom. The van der Waals surface area contributed by atoms with Gasteiger partial charge in [0.2, 0.25) is 0 Å². The van der Waals surface area contributed by atoms with Crippen molar-refractivity contribution in [3.63, 3.8) is 0 Å². The lowest BCUT2D eigenvalue weighted by Crippen LogP contribution is -1.99. The molecule has 0 spiro atoms. The standard InChI is InChI=1S/C13H11N3O/c1-2-16-13(7-12(9-17)15-16)11-5-3-4-10(6-11)8-14/h3-7,9H,2H2,1H3. The summed E-state index contributed by atoms with van der Waals surface area (Å²) in [7, 11) is 0. The molecule has 0 aliphatic heterocycles. The number of benzene rings is 1. The number of aryl methyl sites for hydroxylation is 1. The second-order valence-electron chi connectivity index (χ2n) is 3.58. The van der Waals surface area contributed by atoms with Gasteiger partial charge in [-0.1, -0.05) is 12.1 Å². The van der Waals surface area contributed by atoms with E-state index in [-0.39, 0.29) is 0 Å². The van der Waals surface area contributed by atoms with E-state index >= 15 is 0 Å². The number of aromatic nitrogens is 2. The van der Waals surface area contributed by atoms with E-state index in [1.54, 1.807) is 22.9 Å². The van der Waals surface area contributed by atoms with Crippen LogP contribution >= 0.6 is 0 Å². The normalized spacial score (nSPS) is 9.88. The number of rotatable bonds is 3. The molecule has 2 rings (SSSR count). The second-order valence-corrected chi connectivity index (χ2v) is 3.58. The minimum atomic E-state index is 0.407. The third kappa shape index (κ3) is 2.08. The van der Waals surface area contributed by atoms with E-state index in [9.17, 15) is 4.79 Å². The molecule has 1 heterocycles. The number of carbonyl (C=O) groups excluding carboxylic acids is 1. The fourth-order valence-corrected chi connectivity index (χ4v) is 1.72. The Morgan fingerprint density at radius 1 is 1.47 bits per heavy atom. The summed E-state index contributed by atoms with van der Waals surface area (Å²) in [5, 5.41) is 13.0. The molecular weight excluding hydrogens is 214 g/mol. The monoisotopic (exact) mass is 225 g/mol. The Labute approximate surface area is 99.1 Å². The Hall–Kier alpha value is -2.41. The van der Waals surface area contributed by atoms with E-state index in [0.717, 1.165) is 17.5 Å². The van der Waals surface area contributed by atoms with Crippen LogP contribution in [0.4, 0.5) is 0 Å². The third-order valence-corrected chi connectivity index (χ3v) is 2.51. The highest BCUT2D eigenvalue weighted by Crippen LogP contribution is 2.21. The van der Waals surface area contributed by atoms with Crippen LogP contribution in [-0.2, 0) is 6.54 Å². The summed E-state index contributed by atoms with van der Waals surface area (Å²) in [4.78, 5) is 10.7. The predicted molar refractivity (Wildman–Crippen MR) is 63.4 cm³/mol. The maximum absolute atomic E-state index is 10.7. The summed E-state index contributed by atoms with van der Waals surface area (Å²) in [5.41, 5.74) is 2.75. The summed E-state index contributed by atoms with van der Waals surface area (Å²) in [6, 6.07) is 11.1. The van der Waals surface area contributed by atoms with E-state index in [1.165, 1.54) is 0 Å². The predicted octanol–water partition coefficient (Wildman–Crippen LogP) is 2.25. The summed E-state index contributed by atoms with van der Waals surface area (Å²) >= 11 is 0. The van der Waals surface area contributed by atoms with Crippen molar-refractivity contribution in [1.82, 2.24) is 9.78 Å². The first-order valence-electron chi connectivity index (χ1n) is 5.32. The Morgan fingerprint density at radius 3 is 2.94 bits per heavy atom. The van der Waals surface area contributed by atoms with Gasteiger partial charge in [0.15, 0.2) is 6.29 Å². The molecule has 0 saturated carbocycles. The molecule has 0 bridgehead atoms. The van der Waals surface area contributed by atoms with Gasteiger partial charge in [-0.3, -0.25) is 9.48 Å². The quantitative estimate of drug-likeness (QED) is 0.753. The van der Waals surface area contributed by atoms with Crippen molar-refractivity contribution in [3.8, 4) is 17.3 Å². The van der Waals surface area contributed by atoms with Crippen LogP contribution in [0.5, 0.6) is 0 Å². The fourth-order valence-electron chi connectivity index (χ4n) is 1.72. The van der Waals surface area contributed by atoms with Crippen molar-refractivity contribution in [2.75, 3.05) is 0 Å². The van der Waals surface area contributed by atoms with Gasteiger partial charge in [-0.05, 0) is 25.1 Å². The molecule has 4 nitrogen and oxygen atoms in total. The second kappa shape index (κ2) is 4.62. The average Bonchev–Trinajstić information content (AvgIpc) is 2.82. The summed E-state index contributed by atoms with van der Waals surface area (Å²) < 4.78 is 1.75. The average molecular weight is 225 g/mol. The van der Waals surface area contributed by atoms with Crippen LogP contribution in [0.15, 0.2) is 30.3 Å².